The van der Waals surface area contributed by atoms with Gasteiger partial charge in [0.25, 0.3) is 0 Å². The molecule has 0 heterocycles. The summed E-state index contributed by atoms with van der Waals surface area (Å²) in [6, 6.07) is 0. The monoisotopic (exact) mass is 236 g/mol. The summed E-state index contributed by atoms with van der Waals surface area (Å²) in [6.45, 7) is 0. The summed E-state index contributed by atoms with van der Waals surface area (Å²) >= 11 is 0. The van der Waals surface area contributed by atoms with Crippen molar-refractivity contribution in [3.8, 4) is 0 Å². The zero-order valence-corrected chi connectivity index (χ0v) is 10.6. The van der Waals surface area contributed by atoms with Gasteiger partial charge in [-0.25, -0.2) is 0 Å². The number of ketones is 1. The van der Waals surface area contributed by atoms with Crippen molar-refractivity contribution in [1.29, 1.82) is 0 Å². The van der Waals surface area contributed by atoms with Gasteiger partial charge in [0, 0.05) is 5.92 Å². The summed E-state index contributed by atoms with van der Waals surface area (Å²) in [5, 5.41) is 9.42. The van der Waals surface area contributed by atoms with E-state index in [1.54, 1.807) is 0 Å². The van der Waals surface area contributed by atoms with Gasteiger partial charge in [-0.1, -0.05) is 25.3 Å². The van der Waals surface area contributed by atoms with E-state index < -0.39 is 0 Å². The van der Waals surface area contributed by atoms with Gasteiger partial charge in [0.05, 0.1) is 6.10 Å². The number of rotatable bonds is 3. The van der Waals surface area contributed by atoms with Crippen molar-refractivity contribution >= 4 is 5.78 Å². The Bertz CT molecular complexity index is 269. The zero-order valence-electron chi connectivity index (χ0n) is 10.6. The minimum atomic E-state index is -0.103. The number of hydrogen-bond acceptors (Lipinski definition) is 2. The molecule has 0 radical (unpaired) electrons. The lowest BCUT2D eigenvalue weighted by molar-refractivity contribution is -0.119. The third-order valence-corrected chi connectivity index (χ3v) is 4.28. The first-order valence-electron chi connectivity index (χ1n) is 7.16. The summed E-state index contributed by atoms with van der Waals surface area (Å²) in [5.74, 6) is 1.16. The predicted octanol–water partition coefficient (Wildman–Crippen LogP) is 3.24. The normalized spacial score (nSPS) is 31.8. The minimum absolute atomic E-state index is 0.103. The van der Waals surface area contributed by atoms with E-state index in [1.165, 1.54) is 19.3 Å². The third kappa shape index (κ3) is 3.95. The molecule has 2 heteroatoms. The quantitative estimate of drug-likeness (QED) is 0.764. The van der Waals surface area contributed by atoms with Crippen molar-refractivity contribution in [2.75, 3.05) is 0 Å². The Balaban J connectivity index is 1.77. The first-order chi connectivity index (χ1) is 8.25. The fourth-order valence-corrected chi connectivity index (χ4v) is 3.05. The maximum Gasteiger partial charge on any atom is 0.158 e. The van der Waals surface area contributed by atoms with Crippen LogP contribution in [0.25, 0.3) is 0 Å². The Morgan fingerprint density at radius 2 is 1.59 bits per heavy atom. The molecule has 2 nitrogen and oxygen atoms in total. The Labute approximate surface area is 104 Å². The van der Waals surface area contributed by atoms with Gasteiger partial charge in [-0.05, 0) is 50.5 Å². The number of hydrogen-bond donors (Lipinski definition) is 1. The van der Waals surface area contributed by atoms with E-state index in [1.807, 2.05) is 6.08 Å². The van der Waals surface area contributed by atoms with Crippen LogP contribution < -0.4 is 0 Å². The molecule has 17 heavy (non-hydrogen) atoms. The van der Waals surface area contributed by atoms with E-state index in [0.29, 0.717) is 17.6 Å². The summed E-state index contributed by atoms with van der Waals surface area (Å²) < 4.78 is 0. The van der Waals surface area contributed by atoms with E-state index >= 15 is 0 Å². The van der Waals surface area contributed by atoms with Crippen molar-refractivity contribution in [3.05, 3.63) is 12.2 Å². The molecule has 0 aliphatic heterocycles. The molecule has 96 valence electrons. The zero-order chi connectivity index (χ0) is 12.1. The molecule has 2 aliphatic rings. The second-order valence-electron chi connectivity index (χ2n) is 5.67. The fraction of sp³-hybridized carbons (Fsp3) is 0.800. The number of carbonyl (C=O) groups excluding carboxylic acids is 1. The average Bonchev–Trinajstić information content (AvgIpc) is 2.39. The highest BCUT2D eigenvalue weighted by Gasteiger charge is 2.20. The first kappa shape index (κ1) is 12.8. The molecule has 0 amide bonds. The first-order valence-corrected chi connectivity index (χ1v) is 7.16. The van der Waals surface area contributed by atoms with Crippen LogP contribution in [0.1, 0.15) is 57.8 Å². The SMILES string of the molecule is O=C(/C=C/C1CCC(O)CC1)C1CCCCC1. The van der Waals surface area contributed by atoms with Crippen molar-refractivity contribution in [1.82, 2.24) is 0 Å². The highest BCUT2D eigenvalue weighted by molar-refractivity contribution is 5.91. The fourth-order valence-electron chi connectivity index (χ4n) is 3.05. The van der Waals surface area contributed by atoms with Gasteiger partial charge in [-0.3, -0.25) is 4.79 Å². The van der Waals surface area contributed by atoms with Crippen molar-refractivity contribution in [2.24, 2.45) is 11.8 Å². The van der Waals surface area contributed by atoms with Gasteiger partial charge in [0.1, 0.15) is 0 Å². The van der Waals surface area contributed by atoms with Gasteiger partial charge in [-0.15, -0.1) is 0 Å². The second kappa shape index (κ2) is 6.34. The molecule has 2 aliphatic carbocycles. The molecule has 0 aromatic heterocycles. The van der Waals surface area contributed by atoms with Crippen LogP contribution >= 0.6 is 0 Å². The van der Waals surface area contributed by atoms with Gasteiger partial charge >= 0.3 is 0 Å². The predicted molar refractivity (Wildman–Crippen MR) is 68.7 cm³/mol. The largest absolute Gasteiger partial charge is 0.393 e. The topological polar surface area (TPSA) is 37.3 Å². The molecule has 0 atom stereocenters. The Kier molecular flexibility index (Phi) is 4.78. The van der Waals surface area contributed by atoms with Crippen LogP contribution in [-0.4, -0.2) is 17.0 Å². The number of carbonyl (C=O) groups is 1. The third-order valence-electron chi connectivity index (χ3n) is 4.28. The summed E-state index contributed by atoms with van der Waals surface area (Å²) in [7, 11) is 0. The number of aliphatic hydroxyl groups excluding tert-OH is 1. The van der Waals surface area contributed by atoms with Crippen LogP contribution in [0.3, 0.4) is 0 Å². The van der Waals surface area contributed by atoms with Crippen LogP contribution in [0.2, 0.25) is 0 Å². The molecule has 0 unspecified atom stereocenters. The van der Waals surface area contributed by atoms with Gasteiger partial charge in [-0.2, -0.15) is 0 Å². The van der Waals surface area contributed by atoms with Gasteiger partial charge in [0.15, 0.2) is 5.78 Å². The van der Waals surface area contributed by atoms with Crippen LogP contribution in [-0.2, 0) is 4.79 Å². The van der Waals surface area contributed by atoms with Crippen LogP contribution in [0, 0.1) is 11.8 Å². The van der Waals surface area contributed by atoms with Crippen LogP contribution in [0.5, 0.6) is 0 Å². The van der Waals surface area contributed by atoms with Crippen LogP contribution in [0.15, 0.2) is 12.2 Å². The lowest BCUT2D eigenvalue weighted by Crippen LogP contribution is -2.18. The number of allylic oxidation sites excluding steroid dienone is 2. The molecule has 2 rings (SSSR count). The van der Waals surface area contributed by atoms with Crippen molar-refractivity contribution in [2.45, 2.75) is 63.9 Å². The van der Waals surface area contributed by atoms with E-state index in [0.717, 1.165) is 38.5 Å². The molecule has 0 saturated heterocycles. The molecular formula is C15H24O2. The Hall–Kier alpha value is -0.630. The lowest BCUT2D eigenvalue weighted by Gasteiger charge is -2.23. The van der Waals surface area contributed by atoms with E-state index in [-0.39, 0.29) is 6.10 Å². The second-order valence-corrected chi connectivity index (χ2v) is 5.67. The summed E-state index contributed by atoms with van der Waals surface area (Å²) in [6.07, 6.45) is 13.6. The molecular weight excluding hydrogens is 212 g/mol. The average molecular weight is 236 g/mol. The van der Waals surface area contributed by atoms with E-state index in [4.69, 9.17) is 0 Å². The highest BCUT2D eigenvalue weighted by atomic mass is 16.3. The molecule has 0 bridgehead atoms. The molecule has 0 aromatic rings. The maximum absolute atomic E-state index is 12.0. The smallest absolute Gasteiger partial charge is 0.158 e. The van der Waals surface area contributed by atoms with E-state index in [9.17, 15) is 9.90 Å². The number of aliphatic hydroxyl groups is 1. The maximum atomic E-state index is 12.0. The molecule has 2 fully saturated rings. The standard InChI is InChI=1S/C15H24O2/c16-14-9-6-12(7-10-14)8-11-15(17)13-4-2-1-3-5-13/h8,11-14,16H,1-7,9-10H2/b11-8+. The van der Waals surface area contributed by atoms with E-state index in [2.05, 4.69) is 6.08 Å². The summed E-state index contributed by atoms with van der Waals surface area (Å²) in [5.41, 5.74) is 0. The molecule has 0 spiro atoms. The molecule has 0 aromatic carbocycles. The van der Waals surface area contributed by atoms with Crippen molar-refractivity contribution < 1.29 is 9.90 Å². The molecule has 2 saturated carbocycles. The molecule has 1 N–H and O–H groups in total. The van der Waals surface area contributed by atoms with Crippen molar-refractivity contribution in [3.63, 3.8) is 0 Å². The Morgan fingerprint density at radius 3 is 2.24 bits per heavy atom. The highest BCUT2D eigenvalue weighted by Crippen LogP contribution is 2.27. The van der Waals surface area contributed by atoms with Gasteiger partial charge < -0.3 is 5.11 Å². The summed E-state index contributed by atoms with van der Waals surface area (Å²) in [4.78, 5) is 12.0. The Morgan fingerprint density at radius 1 is 0.941 bits per heavy atom. The van der Waals surface area contributed by atoms with Gasteiger partial charge in [0.2, 0.25) is 0 Å². The lowest BCUT2D eigenvalue weighted by atomic mass is 9.84. The van der Waals surface area contributed by atoms with Crippen LogP contribution in [0.4, 0.5) is 0 Å². The minimum Gasteiger partial charge on any atom is -0.393 e.